The van der Waals surface area contributed by atoms with Gasteiger partial charge in [0, 0.05) is 7.05 Å². The molecule has 3 rings (SSSR count). The summed E-state index contributed by atoms with van der Waals surface area (Å²) >= 11 is 1.59. The zero-order valence-electron chi connectivity index (χ0n) is 12.2. The molecule has 0 aliphatic rings. The highest BCUT2D eigenvalue weighted by Crippen LogP contribution is 2.25. The Hall–Kier alpha value is -2.60. The first-order valence-corrected chi connectivity index (χ1v) is 7.49. The molecule has 0 saturated carbocycles. The Balaban J connectivity index is 1.93. The third-order valence-corrected chi connectivity index (χ3v) is 4.37. The van der Waals surface area contributed by atoms with E-state index < -0.39 is 0 Å². The maximum Gasteiger partial charge on any atom is 0.211 e. The molecule has 1 N–H and O–H groups in total. The van der Waals surface area contributed by atoms with Crippen molar-refractivity contribution in [2.45, 2.75) is 0 Å². The summed E-state index contributed by atoms with van der Waals surface area (Å²) in [6.07, 6.45) is 1.63. The van der Waals surface area contributed by atoms with E-state index in [4.69, 9.17) is 4.74 Å². The largest absolute Gasteiger partial charge is 0.504 e. The lowest BCUT2D eigenvalue weighted by molar-refractivity contribution is 0.373. The summed E-state index contributed by atoms with van der Waals surface area (Å²) in [5.41, 5.74) is 1.94. The zero-order valence-corrected chi connectivity index (χ0v) is 13.0. The van der Waals surface area contributed by atoms with Gasteiger partial charge in [-0.2, -0.15) is 5.10 Å². The van der Waals surface area contributed by atoms with Crippen LogP contribution in [0.25, 0.3) is 10.2 Å². The molecule has 0 amide bonds. The number of ether oxygens (including phenoxy) is 1. The standard InChI is InChI=1S/C16H15N3O2S/c1-19-12-5-3-4-6-15(12)22-16(19)18-17-10-11-7-8-13(20)14(9-11)21-2/h3-10,20H,1-2H3/b17-10+,18-16-. The van der Waals surface area contributed by atoms with E-state index in [2.05, 4.69) is 22.3 Å². The molecule has 1 aromatic heterocycles. The minimum atomic E-state index is 0.104. The Morgan fingerprint density at radius 3 is 2.82 bits per heavy atom. The second-order valence-corrected chi connectivity index (χ2v) is 5.70. The number of hydrogen-bond acceptors (Lipinski definition) is 5. The first-order valence-electron chi connectivity index (χ1n) is 6.67. The number of para-hydroxylation sites is 1. The molecule has 0 atom stereocenters. The van der Waals surface area contributed by atoms with Gasteiger partial charge < -0.3 is 14.4 Å². The van der Waals surface area contributed by atoms with Crippen LogP contribution in [0.1, 0.15) is 5.56 Å². The van der Waals surface area contributed by atoms with Crippen molar-refractivity contribution in [2.24, 2.45) is 17.3 Å². The van der Waals surface area contributed by atoms with Gasteiger partial charge in [-0.3, -0.25) is 0 Å². The molecular formula is C16H15N3O2S. The van der Waals surface area contributed by atoms with Crippen LogP contribution in [0, 0.1) is 0 Å². The van der Waals surface area contributed by atoms with E-state index >= 15 is 0 Å². The van der Waals surface area contributed by atoms with Gasteiger partial charge in [0.1, 0.15) is 0 Å². The third-order valence-electron chi connectivity index (χ3n) is 3.27. The number of phenols is 1. The maximum absolute atomic E-state index is 9.56. The highest BCUT2D eigenvalue weighted by Gasteiger charge is 2.02. The normalized spacial score (nSPS) is 12.4. The number of fused-ring (bicyclic) bond motifs is 1. The number of nitrogens with zero attached hydrogens (tertiary/aromatic N) is 3. The maximum atomic E-state index is 9.56. The van der Waals surface area contributed by atoms with Gasteiger partial charge >= 0.3 is 0 Å². The molecule has 22 heavy (non-hydrogen) atoms. The van der Waals surface area contributed by atoms with Crippen molar-refractivity contribution in [1.82, 2.24) is 4.57 Å². The van der Waals surface area contributed by atoms with Crippen LogP contribution in [0.2, 0.25) is 0 Å². The van der Waals surface area contributed by atoms with Crippen LogP contribution < -0.4 is 9.54 Å². The van der Waals surface area contributed by atoms with E-state index in [0.29, 0.717) is 5.75 Å². The van der Waals surface area contributed by atoms with Crippen LogP contribution in [0.3, 0.4) is 0 Å². The molecule has 0 fully saturated rings. The number of aryl methyl sites for hydroxylation is 1. The first kappa shape index (κ1) is 14.3. The molecule has 112 valence electrons. The van der Waals surface area contributed by atoms with E-state index in [0.717, 1.165) is 15.9 Å². The Labute approximate surface area is 131 Å². The van der Waals surface area contributed by atoms with Crippen LogP contribution in [-0.2, 0) is 7.05 Å². The SMILES string of the molecule is COc1cc(/C=N/N=c2\sc3ccccc3n2C)ccc1O. The van der Waals surface area contributed by atoms with E-state index in [1.165, 1.54) is 11.8 Å². The van der Waals surface area contributed by atoms with Crippen molar-refractivity contribution in [3.05, 3.63) is 52.8 Å². The molecule has 6 heteroatoms. The van der Waals surface area contributed by atoms with Crippen LogP contribution in [0.4, 0.5) is 0 Å². The minimum Gasteiger partial charge on any atom is -0.504 e. The first-order chi connectivity index (χ1) is 10.7. The Bertz CT molecular complexity index is 909. The quantitative estimate of drug-likeness (QED) is 0.597. The molecule has 0 unspecified atom stereocenters. The number of rotatable bonds is 3. The third kappa shape index (κ3) is 2.73. The molecule has 0 saturated heterocycles. The van der Waals surface area contributed by atoms with Crippen molar-refractivity contribution in [1.29, 1.82) is 0 Å². The lowest BCUT2D eigenvalue weighted by atomic mass is 10.2. The fourth-order valence-electron chi connectivity index (χ4n) is 2.10. The summed E-state index contributed by atoms with van der Waals surface area (Å²) < 4.78 is 8.25. The van der Waals surface area contributed by atoms with E-state index in [1.54, 1.807) is 35.8 Å². The highest BCUT2D eigenvalue weighted by atomic mass is 32.1. The summed E-state index contributed by atoms with van der Waals surface area (Å²) in [7, 11) is 3.48. The average Bonchev–Trinajstić information content (AvgIpc) is 2.86. The predicted molar refractivity (Wildman–Crippen MR) is 88.6 cm³/mol. The highest BCUT2D eigenvalue weighted by molar-refractivity contribution is 7.16. The molecule has 3 aromatic rings. The van der Waals surface area contributed by atoms with Crippen molar-refractivity contribution in [3.8, 4) is 11.5 Å². The van der Waals surface area contributed by atoms with Gasteiger partial charge in [0.15, 0.2) is 11.5 Å². The van der Waals surface area contributed by atoms with Gasteiger partial charge in [0.25, 0.3) is 0 Å². The number of aromatic nitrogens is 1. The second kappa shape index (κ2) is 6.03. The molecule has 1 heterocycles. The summed E-state index contributed by atoms with van der Waals surface area (Å²) in [6.45, 7) is 0. The predicted octanol–water partition coefficient (Wildman–Crippen LogP) is 2.89. The average molecular weight is 313 g/mol. The molecule has 0 radical (unpaired) electrons. The van der Waals surface area contributed by atoms with Crippen molar-refractivity contribution >= 4 is 27.8 Å². The Kier molecular flexibility index (Phi) is 3.93. The lowest BCUT2D eigenvalue weighted by Gasteiger charge is -2.02. The fraction of sp³-hybridized carbons (Fsp3) is 0.125. The number of thiazole rings is 1. The lowest BCUT2D eigenvalue weighted by Crippen LogP contribution is -2.08. The fourth-order valence-corrected chi connectivity index (χ4v) is 3.07. The van der Waals surface area contributed by atoms with E-state index in [9.17, 15) is 5.11 Å². The zero-order chi connectivity index (χ0) is 15.5. The van der Waals surface area contributed by atoms with E-state index in [1.807, 2.05) is 23.7 Å². The monoisotopic (exact) mass is 313 g/mol. The minimum absolute atomic E-state index is 0.104. The second-order valence-electron chi connectivity index (χ2n) is 4.69. The van der Waals surface area contributed by atoms with Gasteiger partial charge in [-0.15, -0.1) is 5.10 Å². The van der Waals surface area contributed by atoms with Crippen LogP contribution in [-0.4, -0.2) is 23.0 Å². The molecule has 0 spiro atoms. The van der Waals surface area contributed by atoms with Crippen LogP contribution in [0.15, 0.2) is 52.7 Å². The number of phenolic OH excluding ortho intramolecular Hbond substituents is 1. The van der Waals surface area contributed by atoms with Gasteiger partial charge in [0.2, 0.25) is 4.80 Å². The summed E-state index contributed by atoms with van der Waals surface area (Å²) in [4.78, 5) is 0.822. The number of aromatic hydroxyl groups is 1. The molecule has 5 nitrogen and oxygen atoms in total. The smallest absolute Gasteiger partial charge is 0.211 e. The van der Waals surface area contributed by atoms with Gasteiger partial charge in [-0.1, -0.05) is 23.5 Å². The number of methoxy groups -OCH3 is 1. The topological polar surface area (TPSA) is 59.1 Å². The summed E-state index contributed by atoms with van der Waals surface area (Å²) in [6, 6.07) is 13.2. The van der Waals surface area contributed by atoms with Crippen LogP contribution >= 0.6 is 11.3 Å². The number of benzene rings is 2. The number of hydrogen-bond donors (Lipinski definition) is 1. The summed E-state index contributed by atoms with van der Waals surface area (Å²) in [5.74, 6) is 0.517. The van der Waals surface area contributed by atoms with Crippen molar-refractivity contribution in [2.75, 3.05) is 7.11 Å². The molecule has 2 aromatic carbocycles. The molecular weight excluding hydrogens is 298 g/mol. The van der Waals surface area contributed by atoms with Gasteiger partial charge in [0.05, 0.1) is 23.5 Å². The summed E-state index contributed by atoms with van der Waals surface area (Å²) in [5, 5.41) is 18.0. The van der Waals surface area contributed by atoms with E-state index in [-0.39, 0.29) is 5.75 Å². The Morgan fingerprint density at radius 1 is 1.23 bits per heavy atom. The molecule has 0 bridgehead atoms. The Morgan fingerprint density at radius 2 is 2.05 bits per heavy atom. The van der Waals surface area contributed by atoms with Crippen LogP contribution in [0.5, 0.6) is 11.5 Å². The van der Waals surface area contributed by atoms with Crippen molar-refractivity contribution in [3.63, 3.8) is 0 Å². The van der Waals surface area contributed by atoms with Gasteiger partial charge in [-0.25, -0.2) is 0 Å². The van der Waals surface area contributed by atoms with Gasteiger partial charge in [-0.05, 0) is 35.9 Å². The molecule has 0 aliphatic heterocycles. The van der Waals surface area contributed by atoms with Crippen molar-refractivity contribution < 1.29 is 9.84 Å². The molecule has 0 aliphatic carbocycles.